The lowest BCUT2D eigenvalue weighted by molar-refractivity contribution is -0.121. The van der Waals surface area contributed by atoms with E-state index in [0.29, 0.717) is 29.8 Å². The fraction of sp³-hybridized carbons (Fsp3) is 0.524. The van der Waals surface area contributed by atoms with Gasteiger partial charge in [0.15, 0.2) is 0 Å². The van der Waals surface area contributed by atoms with Crippen molar-refractivity contribution in [1.29, 1.82) is 5.26 Å². The van der Waals surface area contributed by atoms with Crippen LogP contribution < -0.4 is 5.32 Å². The van der Waals surface area contributed by atoms with Gasteiger partial charge in [-0.2, -0.15) is 5.26 Å². The van der Waals surface area contributed by atoms with Gasteiger partial charge < -0.3 is 5.32 Å². The molecule has 1 fully saturated rings. The number of ketones is 1. The number of carbonyl (C=O) groups is 1. The number of carbonyl (C=O) groups excluding carboxylic acids is 1. The Kier molecular flexibility index (Phi) is 6.64. The normalized spacial score (nSPS) is 19.0. The van der Waals surface area contributed by atoms with E-state index >= 15 is 0 Å². The van der Waals surface area contributed by atoms with Crippen LogP contribution >= 0.6 is 0 Å². The molecule has 0 radical (unpaired) electrons. The second-order valence-corrected chi connectivity index (χ2v) is 7.46. The van der Waals surface area contributed by atoms with Gasteiger partial charge in [-0.1, -0.05) is 0 Å². The zero-order valence-corrected chi connectivity index (χ0v) is 16.5. The summed E-state index contributed by atoms with van der Waals surface area (Å²) < 4.78 is 0. The van der Waals surface area contributed by atoms with Crippen molar-refractivity contribution in [3.8, 4) is 6.07 Å². The third-order valence-corrected chi connectivity index (χ3v) is 5.52. The van der Waals surface area contributed by atoms with Crippen LogP contribution in [0.25, 0.3) is 0 Å². The van der Waals surface area contributed by atoms with E-state index in [4.69, 9.17) is 0 Å². The Balaban J connectivity index is 1.60. The zero-order valence-electron chi connectivity index (χ0n) is 16.5. The molecule has 7 heteroatoms. The van der Waals surface area contributed by atoms with E-state index in [1.54, 1.807) is 25.5 Å². The Bertz CT molecular complexity index is 867. The maximum Gasteiger partial charge on any atom is 0.222 e. The number of rotatable bonds is 7. The second-order valence-electron chi connectivity index (χ2n) is 7.46. The van der Waals surface area contributed by atoms with E-state index in [1.165, 1.54) is 0 Å². The minimum atomic E-state index is 0.207. The molecule has 146 valence electrons. The number of nitrogens with one attached hydrogen (secondary N) is 1. The number of hydrogen-bond acceptors (Lipinski definition) is 7. The van der Waals surface area contributed by atoms with E-state index in [2.05, 4.69) is 31.3 Å². The molecule has 7 nitrogen and oxygen atoms in total. The molecule has 2 aromatic rings. The highest BCUT2D eigenvalue weighted by molar-refractivity contribution is 5.78. The lowest BCUT2D eigenvalue weighted by atomic mass is 9.78. The quantitative estimate of drug-likeness (QED) is 0.789. The van der Waals surface area contributed by atoms with Crippen molar-refractivity contribution in [3.05, 3.63) is 41.2 Å². The van der Waals surface area contributed by atoms with Gasteiger partial charge in [0.25, 0.3) is 0 Å². The minimum absolute atomic E-state index is 0.207. The fourth-order valence-corrected chi connectivity index (χ4v) is 3.77. The molecule has 0 aromatic carbocycles. The van der Waals surface area contributed by atoms with Crippen LogP contribution in [0.2, 0.25) is 0 Å². The topological polar surface area (TPSA) is 104 Å². The van der Waals surface area contributed by atoms with Crippen molar-refractivity contribution in [2.45, 2.75) is 52.4 Å². The van der Waals surface area contributed by atoms with Crippen LogP contribution in [0.5, 0.6) is 0 Å². The first kappa shape index (κ1) is 19.9. The summed E-state index contributed by atoms with van der Waals surface area (Å²) in [5.74, 6) is 1.50. The Hall–Kier alpha value is -2.88. The molecule has 1 N–H and O–H groups in total. The van der Waals surface area contributed by atoms with Gasteiger partial charge in [0.05, 0.1) is 28.8 Å². The Morgan fingerprint density at radius 1 is 1.18 bits per heavy atom. The molecule has 2 heterocycles. The van der Waals surface area contributed by atoms with Crippen LogP contribution in [0.15, 0.2) is 18.6 Å². The van der Waals surface area contributed by atoms with E-state index in [0.717, 1.165) is 55.6 Å². The maximum atomic E-state index is 11.6. The number of aromatic nitrogens is 4. The van der Waals surface area contributed by atoms with Crippen molar-refractivity contribution in [3.63, 3.8) is 0 Å². The molecule has 0 unspecified atom stereocenters. The monoisotopic (exact) mass is 378 g/mol. The van der Waals surface area contributed by atoms with Crippen LogP contribution in [0.1, 0.15) is 55.3 Å². The number of Topliss-reactive ketones (excluding diaryl/α,β-unsaturated/α-hetero) is 1. The van der Waals surface area contributed by atoms with Crippen LogP contribution in [0.4, 0.5) is 5.95 Å². The molecule has 2 aromatic heterocycles. The Labute approximate surface area is 165 Å². The highest BCUT2D eigenvalue weighted by Crippen LogP contribution is 2.31. The van der Waals surface area contributed by atoms with Crippen molar-refractivity contribution in [2.75, 3.05) is 11.9 Å². The summed E-state index contributed by atoms with van der Waals surface area (Å²) in [4.78, 5) is 29.0. The van der Waals surface area contributed by atoms with Crippen molar-refractivity contribution in [2.24, 2.45) is 11.8 Å². The number of anilines is 1. The first-order chi connectivity index (χ1) is 13.6. The van der Waals surface area contributed by atoms with Crippen molar-refractivity contribution >= 4 is 11.7 Å². The first-order valence-electron chi connectivity index (χ1n) is 9.83. The van der Waals surface area contributed by atoms with Gasteiger partial charge in [0, 0.05) is 31.3 Å². The number of nitriles is 1. The molecule has 0 atom stereocenters. The molecule has 0 bridgehead atoms. The number of nitrogens with zero attached hydrogens (tertiary/aromatic N) is 5. The predicted octanol–water partition coefficient (Wildman–Crippen LogP) is 3.04. The van der Waals surface area contributed by atoms with Crippen molar-refractivity contribution in [1.82, 2.24) is 19.9 Å². The molecule has 1 saturated carbocycles. The van der Waals surface area contributed by atoms with E-state index in [9.17, 15) is 10.1 Å². The zero-order chi connectivity index (χ0) is 19.9. The summed E-state index contributed by atoms with van der Waals surface area (Å²) >= 11 is 0. The molecular weight excluding hydrogens is 352 g/mol. The van der Waals surface area contributed by atoms with Gasteiger partial charge in [-0.25, -0.2) is 9.97 Å². The maximum absolute atomic E-state index is 11.6. The molecule has 28 heavy (non-hydrogen) atoms. The summed E-state index contributed by atoms with van der Waals surface area (Å²) in [6, 6.07) is 2.20. The Morgan fingerprint density at radius 3 is 2.61 bits per heavy atom. The SMILES string of the molecule is CC(=O)C1CCC(Cc2nc(NCCc3nccnc3C)ncc2C#N)CC1. The third-order valence-electron chi connectivity index (χ3n) is 5.52. The molecule has 0 spiro atoms. The van der Waals surface area contributed by atoms with Gasteiger partial charge in [-0.05, 0) is 51.9 Å². The summed E-state index contributed by atoms with van der Waals surface area (Å²) in [7, 11) is 0. The van der Waals surface area contributed by atoms with Gasteiger partial charge >= 0.3 is 0 Å². The Morgan fingerprint density at radius 2 is 1.93 bits per heavy atom. The smallest absolute Gasteiger partial charge is 0.222 e. The third kappa shape index (κ3) is 5.10. The number of hydrogen-bond donors (Lipinski definition) is 1. The second kappa shape index (κ2) is 9.36. The summed E-state index contributed by atoms with van der Waals surface area (Å²) in [5.41, 5.74) is 3.20. The molecule has 0 aliphatic heterocycles. The average Bonchev–Trinajstić information content (AvgIpc) is 2.70. The standard InChI is InChI=1S/C21H26N6O/c1-14-19(24-10-9-23-14)7-8-25-21-26-13-18(12-22)20(27-21)11-16-3-5-17(6-4-16)15(2)28/h9-10,13,16-17H,3-8,11H2,1-2H3,(H,25,26,27). The fourth-order valence-electron chi connectivity index (χ4n) is 3.77. The highest BCUT2D eigenvalue weighted by Gasteiger charge is 2.25. The van der Waals surface area contributed by atoms with Crippen LogP contribution in [-0.4, -0.2) is 32.3 Å². The molecule has 1 aliphatic carbocycles. The molecule has 0 saturated heterocycles. The summed E-state index contributed by atoms with van der Waals surface area (Å²) in [6.45, 7) is 4.28. The van der Waals surface area contributed by atoms with Gasteiger partial charge in [-0.15, -0.1) is 0 Å². The van der Waals surface area contributed by atoms with Gasteiger partial charge in [0.1, 0.15) is 11.9 Å². The van der Waals surface area contributed by atoms with Crippen LogP contribution in [0.3, 0.4) is 0 Å². The summed E-state index contributed by atoms with van der Waals surface area (Å²) in [6.07, 6.45) is 10.4. The average molecular weight is 378 g/mol. The number of aryl methyl sites for hydroxylation is 1. The predicted molar refractivity (Wildman–Crippen MR) is 106 cm³/mol. The largest absolute Gasteiger partial charge is 0.354 e. The molecule has 1 aliphatic rings. The van der Waals surface area contributed by atoms with Gasteiger partial charge in [-0.3, -0.25) is 14.8 Å². The molecular formula is C21H26N6O. The van der Waals surface area contributed by atoms with Crippen LogP contribution in [-0.2, 0) is 17.6 Å². The van der Waals surface area contributed by atoms with E-state index < -0.39 is 0 Å². The summed E-state index contributed by atoms with van der Waals surface area (Å²) in [5, 5.41) is 12.6. The molecule has 0 amide bonds. The highest BCUT2D eigenvalue weighted by atomic mass is 16.1. The lowest BCUT2D eigenvalue weighted by Gasteiger charge is -2.26. The van der Waals surface area contributed by atoms with Crippen molar-refractivity contribution < 1.29 is 4.79 Å². The minimum Gasteiger partial charge on any atom is -0.354 e. The first-order valence-corrected chi connectivity index (χ1v) is 9.83. The van der Waals surface area contributed by atoms with E-state index in [-0.39, 0.29) is 5.92 Å². The van der Waals surface area contributed by atoms with Crippen LogP contribution in [0, 0.1) is 30.1 Å². The van der Waals surface area contributed by atoms with Gasteiger partial charge in [0.2, 0.25) is 5.95 Å². The van der Waals surface area contributed by atoms with E-state index in [1.807, 2.05) is 6.92 Å². The lowest BCUT2D eigenvalue weighted by Crippen LogP contribution is -2.21. The molecule has 3 rings (SSSR count).